The van der Waals surface area contributed by atoms with Crippen molar-refractivity contribution in [2.75, 3.05) is 13.1 Å². The highest BCUT2D eigenvalue weighted by Crippen LogP contribution is 2.17. The van der Waals surface area contributed by atoms with E-state index >= 15 is 0 Å². The van der Waals surface area contributed by atoms with Gasteiger partial charge >= 0.3 is 0 Å². The molecule has 1 amide bonds. The lowest BCUT2D eigenvalue weighted by Crippen LogP contribution is -2.39. The molecule has 0 spiro atoms. The lowest BCUT2D eigenvalue weighted by molar-refractivity contribution is 0.0676. The molecule has 0 saturated carbocycles. The van der Waals surface area contributed by atoms with Crippen LogP contribution in [0.2, 0.25) is 5.15 Å². The lowest BCUT2D eigenvalue weighted by atomic mass is 10.00. The summed E-state index contributed by atoms with van der Waals surface area (Å²) in [4.78, 5) is 13.9. The molecule has 0 aliphatic carbocycles. The van der Waals surface area contributed by atoms with Gasteiger partial charge in [0.1, 0.15) is 0 Å². The van der Waals surface area contributed by atoms with Crippen LogP contribution in [0.3, 0.4) is 0 Å². The minimum atomic E-state index is -0.0456. The molecule has 2 rings (SSSR count). The summed E-state index contributed by atoms with van der Waals surface area (Å²) in [6.45, 7) is 3.78. The first-order valence-corrected chi connectivity index (χ1v) is 5.83. The number of amides is 1. The van der Waals surface area contributed by atoms with Crippen molar-refractivity contribution in [3.05, 3.63) is 23.0 Å². The van der Waals surface area contributed by atoms with Crippen LogP contribution in [-0.2, 0) is 0 Å². The van der Waals surface area contributed by atoms with E-state index in [-0.39, 0.29) is 5.91 Å². The van der Waals surface area contributed by atoms with E-state index in [2.05, 4.69) is 17.1 Å². The number of halogens is 1. The highest BCUT2D eigenvalue weighted by molar-refractivity contribution is 6.29. The summed E-state index contributed by atoms with van der Waals surface area (Å²) in [5.74, 6) is 0.522. The van der Waals surface area contributed by atoms with Gasteiger partial charge < -0.3 is 4.90 Å². The van der Waals surface area contributed by atoms with Crippen LogP contribution in [0.1, 0.15) is 30.3 Å². The highest BCUT2D eigenvalue weighted by Gasteiger charge is 2.22. The molecular formula is C11H14ClN3O. The number of likely N-dealkylation sites (tertiary alicyclic amines) is 1. The van der Waals surface area contributed by atoms with Crippen molar-refractivity contribution < 1.29 is 4.79 Å². The lowest BCUT2D eigenvalue weighted by Gasteiger charge is -2.30. The van der Waals surface area contributed by atoms with Crippen LogP contribution in [0.5, 0.6) is 0 Å². The highest BCUT2D eigenvalue weighted by atomic mass is 35.5. The summed E-state index contributed by atoms with van der Waals surface area (Å²) in [6, 6.07) is 3.21. The van der Waals surface area contributed by atoms with Gasteiger partial charge in [0.05, 0.1) is 0 Å². The summed E-state index contributed by atoms with van der Waals surface area (Å²) in [5, 5.41) is 7.80. The van der Waals surface area contributed by atoms with Crippen molar-refractivity contribution in [2.24, 2.45) is 5.92 Å². The van der Waals surface area contributed by atoms with Crippen LogP contribution >= 0.6 is 11.6 Å². The number of hydrogen-bond donors (Lipinski definition) is 0. The van der Waals surface area contributed by atoms with Gasteiger partial charge in [0.25, 0.3) is 5.91 Å². The van der Waals surface area contributed by atoms with Crippen molar-refractivity contribution in [3.63, 3.8) is 0 Å². The Labute approximate surface area is 99.6 Å². The first-order chi connectivity index (χ1) is 7.66. The van der Waals surface area contributed by atoms with Crippen LogP contribution in [0.15, 0.2) is 12.1 Å². The van der Waals surface area contributed by atoms with Gasteiger partial charge in [-0.05, 0) is 30.9 Å². The molecule has 1 unspecified atom stereocenters. The van der Waals surface area contributed by atoms with E-state index in [0.29, 0.717) is 16.8 Å². The van der Waals surface area contributed by atoms with Gasteiger partial charge in [-0.15, -0.1) is 10.2 Å². The number of carbonyl (C=O) groups is 1. The number of hydrogen-bond acceptors (Lipinski definition) is 3. The summed E-state index contributed by atoms with van der Waals surface area (Å²) in [7, 11) is 0. The van der Waals surface area contributed by atoms with Crippen molar-refractivity contribution in [1.82, 2.24) is 15.1 Å². The number of carbonyl (C=O) groups excluding carboxylic acids is 1. The van der Waals surface area contributed by atoms with Gasteiger partial charge in [-0.2, -0.15) is 0 Å². The molecule has 1 saturated heterocycles. The second-order valence-electron chi connectivity index (χ2n) is 4.24. The van der Waals surface area contributed by atoms with Crippen molar-refractivity contribution in [1.29, 1.82) is 0 Å². The molecule has 16 heavy (non-hydrogen) atoms. The third-order valence-corrected chi connectivity index (χ3v) is 3.00. The first kappa shape index (κ1) is 11.3. The van der Waals surface area contributed by atoms with Gasteiger partial charge in [-0.1, -0.05) is 18.5 Å². The largest absolute Gasteiger partial charge is 0.337 e. The predicted octanol–water partition coefficient (Wildman–Crippen LogP) is 2.00. The summed E-state index contributed by atoms with van der Waals surface area (Å²) in [5.41, 5.74) is 0.374. The van der Waals surface area contributed by atoms with Crippen LogP contribution < -0.4 is 0 Å². The zero-order chi connectivity index (χ0) is 11.5. The number of aromatic nitrogens is 2. The Kier molecular flexibility index (Phi) is 3.39. The quantitative estimate of drug-likeness (QED) is 0.753. The van der Waals surface area contributed by atoms with Crippen molar-refractivity contribution >= 4 is 17.5 Å². The van der Waals surface area contributed by atoms with Crippen LogP contribution in [0.25, 0.3) is 0 Å². The van der Waals surface area contributed by atoms with E-state index in [4.69, 9.17) is 11.6 Å². The fourth-order valence-electron chi connectivity index (χ4n) is 1.97. The average molecular weight is 240 g/mol. The fourth-order valence-corrected chi connectivity index (χ4v) is 2.07. The molecule has 1 fully saturated rings. The average Bonchev–Trinajstić information content (AvgIpc) is 2.29. The maximum atomic E-state index is 12.0. The monoisotopic (exact) mass is 239 g/mol. The Hall–Kier alpha value is -1.16. The van der Waals surface area contributed by atoms with Crippen LogP contribution in [0, 0.1) is 5.92 Å². The van der Waals surface area contributed by atoms with Gasteiger partial charge in [0.2, 0.25) is 0 Å². The predicted molar refractivity (Wildman–Crippen MR) is 61.3 cm³/mol. The topological polar surface area (TPSA) is 46.1 Å². The molecule has 2 heterocycles. The maximum Gasteiger partial charge on any atom is 0.274 e. The van der Waals surface area contributed by atoms with Gasteiger partial charge in [0.15, 0.2) is 10.8 Å². The molecule has 86 valence electrons. The van der Waals surface area contributed by atoms with Crippen molar-refractivity contribution in [3.8, 4) is 0 Å². The number of rotatable bonds is 1. The Morgan fingerprint density at radius 3 is 2.94 bits per heavy atom. The first-order valence-electron chi connectivity index (χ1n) is 5.45. The molecule has 0 bridgehead atoms. The Bertz CT molecular complexity index is 379. The van der Waals surface area contributed by atoms with E-state index in [1.54, 1.807) is 12.1 Å². The van der Waals surface area contributed by atoms with Crippen molar-refractivity contribution in [2.45, 2.75) is 19.8 Å². The molecule has 1 aliphatic heterocycles. The van der Waals surface area contributed by atoms with E-state index in [1.807, 2.05) is 4.90 Å². The zero-order valence-electron chi connectivity index (χ0n) is 9.19. The fraction of sp³-hybridized carbons (Fsp3) is 0.545. The third kappa shape index (κ3) is 2.50. The minimum absolute atomic E-state index is 0.0456. The van der Waals surface area contributed by atoms with E-state index in [1.165, 1.54) is 6.42 Å². The standard InChI is InChI=1S/C11H14ClN3O/c1-8-3-2-6-15(7-8)11(16)9-4-5-10(12)14-13-9/h4-5,8H,2-3,6-7H2,1H3. The summed E-state index contributed by atoms with van der Waals surface area (Å²) < 4.78 is 0. The van der Waals surface area contributed by atoms with E-state index in [9.17, 15) is 4.79 Å². The molecule has 1 aromatic heterocycles. The molecule has 1 aliphatic rings. The Morgan fingerprint density at radius 1 is 1.50 bits per heavy atom. The van der Waals surface area contributed by atoms with Crippen LogP contribution in [0.4, 0.5) is 0 Å². The Morgan fingerprint density at radius 2 is 2.31 bits per heavy atom. The third-order valence-electron chi connectivity index (χ3n) is 2.80. The minimum Gasteiger partial charge on any atom is -0.337 e. The van der Waals surface area contributed by atoms with Gasteiger partial charge in [0, 0.05) is 13.1 Å². The molecule has 4 nitrogen and oxygen atoms in total. The molecule has 0 radical (unpaired) electrons. The van der Waals surface area contributed by atoms with E-state index < -0.39 is 0 Å². The van der Waals surface area contributed by atoms with Crippen LogP contribution in [-0.4, -0.2) is 34.1 Å². The normalized spacial score (nSPS) is 20.9. The molecule has 1 aromatic rings. The maximum absolute atomic E-state index is 12.0. The number of piperidine rings is 1. The van der Waals surface area contributed by atoms with Gasteiger partial charge in [-0.25, -0.2) is 0 Å². The second-order valence-corrected chi connectivity index (χ2v) is 4.63. The smallest absolute Gasteiger partial charge is 0.274 e. The summed E-state index contributed by atoms with van der Waals surface area (Å²) in [6.07, 6.45) is 2.25. The molecule has 0 N–H and O–H groups in total. The SMILES string of the molecule is CC1CCCN(C(=O)c2ccc(Cl)nn2)C1. The molecular weight excluding hydrogens is 226 g/mol. The van der Waals surface area contributed by atoms with E-state index in [0.717, 1.165) is 19.5 Å². The molecule has 5 heteroatoms. The van der Waals surface area contributed by atoms with Gasteiger partial charge in [-0.3, -0.25) is 4.79 Å². The zero-order valence-corrected chi connectivity index (χ0v) is 9.94. The second kappa shape index (κ2) is 4.78. The summed E-state index contributed by atoms with van der Waals surface area (Å²) >= 11 is 5.63. The molecule has 0 aromatic carbocycles. The Balaban J connectivity index is 2.09. The molecule has 1 atom stereocenters. The number of nitrogens with zero attached hydrogens (tertiary/aromatic N) is 3.